The predicted molar refractivity (Wildman–Crippen MR) is 62.3 cm³/mol. The normalized spacial score (nSPS) is 10.3. The van der Waals surface area contributed by atoms with E-state index in [0.717, 1.165) is 6.42 Å². The third-order valence-electron chi connectivity index (χ3n) is 2.37. The quantitative estimate of drug-likeness (QED) is 0.724. The van der Waals surface area contributed by atoms with Crippen molar-refractivity contribution in [3.63, 3.8) is 0 Å². The molecule has 0 spiro atoms. The maximum Gasteiger partial charge on any atom is 0.231 e. The topological polar surface area (TPSA) is 82.8 Å². The average Bonchev–Trinajstić information content (AvgIpc) is 2.86. The van der Waals surface area contributed by atoms with E-state index in [9.17, 15) is 4.79 Å². The SMILES string of the molecule is CCCn1nncc1C(=O)c1cc(OC)ncn1. The van der Waals surface area contributed by atoms with Gasteiger partial charge in [-0.3, -0.25) is 4.79 Å². The summed E-state index contributed by atoms with van der Waals surface area (Å²) in [6.45, 7) is 2.65. The lowest BCUT2D eigenvalue weighted by atomic mass is 10.2. The lowest BCUT2D eigenvalue weighted by molar-refractivity contribution is 0.102. The summed E-state index contributed by atoms with van der Waals surface area (Å²) in [6.07, 6.45) is 3.60. The maximum atomic E-state index is 12.2. The summed E-state index contributed by atoms with van der Waals surface area (Å²) in [5.74, 6) is 0.108. The molecule has 0 atom stereocenters. The van der Waals surface area contributed by atoms with E-state index in [0.29, 0.717) is 18.1 Å². The van der Waals surface area contributed by atoms with E-state index >= 15 is 0 Å². The second-order valence-corrected chi connectivity index (χ2v) is 3.62. The van der Waals surface area contributed by atoms with Gasteiger partial charge in [0.25, 0.3) is 0 Å². The largest absolute Gasteiger partial charge is 0.481 e. The zero-order valence-corrected chi connectivity index (χ0v) is 10.2. The van der Waals surface area contributed by atoms with Gasteiger partial charge in [0.1, 0.15) is 17.7 Å². The molecule has 0 aliphatic carbocycles. The number of rotatable bonds is 5. The molecule has 2 aromatic rings. The molecular formula is C11H13N5O2. The van der Waals surface area contributed by atoms with Crippen LogP contribution in [0.25, 0.3) is 0 Å². The molecular weight excluding hydrogens is 234 g/mol. The zero-order chi connectivity index (χ0) is 13.0. The Morgan fingerprint density at radius 1 is 1.44 bits per heavy atom. The molecule has 2 aromatic heterocycles. The number of hydrogen-bond acceptors (Lipinski definition) is 6. The first kappa shape index (κ1) is 12.2. The second kappa shape index (κ2) is 5.35. The van der Waals surface area contributed by atoms with E-state index < -0.39 is 0 Å². The third kappa shape index (κ3) is 2.34. The van der Waals surface area contributed by atoms with Gasteiger partial charge in [-0.25, -0.2) is 14.6 Å². The van der Waals surface area contributed by atoms with Gasteiger partial charge in [0, 0.05) is 12.6 Å². The lowest BCUT2D eigenvalue weighted by Crippen LogP contribution is -2.13. The Labute approximate surface area is 104 Å². The smallest absolute Gasteiger partial charge is 0.231 e. The first-order valence-electron chi connectivity index (χ1n) is 5.55. The molecule has 0 N–H and O–H groups in total. The lowest BCUT2D eigenvalue weighted by Gasteiger charge is -2.04. The first-order valence-corrected chi connectivity index (χ1v) is 5.55. The number of nitrogens with zero attached hydrogens (tertiary/aromatic N) is 5. The minimum Gasteiger partial charge on any atom is -0.481 e. The Balaban J connectivity index is 2.32. The van der Waals surface area contributed by atoms with Gasteiger partial charge in [0.05, 0.1) is 13.3 Å². The van der Waals surface area contributed by atoms with E-state index in [1.54, 1.807) is 4.68 Å². The Morgan fingerprint density at radius 2 is 2.28 bits per heavy atom. The Kier molecular flexibility index (Phi) is 3.61. The predicted octanol–water partition coefficient (Wildman–Crippen LogP) is 0.718. The van der Waals surface area contributed by atoms with Gasteiger partial charge in [0.15, 0.2) is 0 Å². The van der Waals surface area contributed by atoms with Crippen LogP contribution in [0.5, 0.6) is 5.88 Å². The highest BCUT2D eigenvalue weighted by Gasteiger charge is 2.17. The van der Waals surface area contributed by atoms with Gasteiger partial charge in [-0.2, -0.15) is 0 Å². The fourth-order valence-corrected chi connectivity index (χ4v) is 1.52. The fraction of sp³-hybridized carbons (Fsp3) is 0.364. The van der Waals surface area contributed by atoms with Gasteiger partial charge in [-0.1, -0.05) is 12.1 Å². The Bertz CT molecular complexity index is 552. The summed E-state index contributed by atoms with van der Waals surface area (Å²) in [6, 6.07) is 1.49. The number of carbonyl (C=O) groups is 1. The second-order valence-electron chi connectivity index (χ2n) is 3.62. The summed E-state index contributed by atoms with van der Waals surface area (Å²) in [4.78, 5) is 20.0. The number of ether oxygens (including phenoxy) is 1. The number of aryl methyl sites for hydroxylation is 1. The molecule has 7 nitrogen and oxygen atoms in total. The van der Waals surface area contributed by atoms with E-state index in [4.69, 9.17) is 4.74 Å². The monoisotopic (exact) mass is 247 g/mol. The highest BCUT2D eigenvalue weighted by atomic mass is 16.5. The minimum atomic E-state index is -0.242. The van der Waals surface area contributed by atoms with Crippen LogP contribution in [0.2, 0.25) is 0 Å². The number of aromatic nitrogens is 5. The van der Waals surface area contributed by atoms with Gasteiger partial charge in [-0.15, -0.1) is 5.10 Å². The Morgan fingerprint density at radius 3 is 3.00 bits per heavy atom. The van der Waals surface area contributed by atoms with Crippen molar-refractivity contribution in [2.45, 2.75) is 19.9 Å². The van der Waals surface area contributed by atoms with Gasteiger partial charge in [0.2, 0.25) is 11.7 Å². The van der Waals surface area contributed by atoms with Crippen molar-refractivity contribution in [2.75, 3.05) is 7.11 Å². The molecule has 18 heavy (non-hydrogen) atoms. The van der Waals surface area contributed by atoms with Crippen LogP contribution in [0.3, 0.4) is 0 Å². The molecule has 0 amide bonds. The molecule has 0 bridgehead atoms. The molecule has 0 radical (unpaired) electrons. The summed E-state index contributed by atoms with van der Waals surface area (Å²) >= 11 is 0. The van der Waals surface area contributed by atoms with Crippen LogP contribution in [0.1, 0.15) is 29.5 Å². The van der Waals surface area contributed by atoms with Crippen molar-refractivity contribution in [3.8, 4) is 5.88 Å². The summed E-state index contributed by atoms with van der Waals surface area (Å²) < 4.78 is 6.53. The van der Waals surface area contributed by atoms with Crippen molar-refractivity contribution in [1.29, 1.82) is 0 Å². The maximum absolute atomic E-state index is 12.2. The summed E-state index contributed by atoms with van der Waals surface area (Å²) in [7, 11) is 1.49. The molecule has 0 aliphatic heterocycles. The van der Waals surface area contributed by atoms with Crippen LogP contribution in [0.15, 0.2) is 18.6 Å². The molecule has 0 aromatic carbocycles. The molecule has 0 unspecified atom stereocenters. The van der Waals surface area contributed by atoms with Crippen LogP contribution < -0.4 is 4.74 Å². The Hall–Kier alpha value is -2.31. The summed E-state index contributed by atoms with van der Waals surface area (Å²) in [5, 5.41) is 7.61. The average molecular weight is 247 g/mol. The first-order chi connectivity index (χ1) is 8.76. The molecule has 0 aliphatic rings. The van der Waals surface area contributed by atoms with Gasteiger partial charge in [-0.05, 0) is 6.42 Å². The molecule has 2 heterocycles. The van der Waals surface area contributed by atoms with Crippen LogP contribution in [-0.2, 0) is 6.54 Å². The van der Waals surface area contributed by atoms with Gasteiger partial charge >= 0.3 is 0 Å². The van der Waals surface area contributed by atoms with Crippen molar-refractivity contribution < 1.29 is 9.53 Å². The molecule has 7 heteroatoms. The molecule has 0 saturated heterocycles. The number of carbonyl (C=O) groups excluding carboxylic acids is 1. The van der Waals surface area contributed by atoms with Crippen molar-refractivity contribution >= 4 is 5.78 Å². The van der Waals surface area contributed by atoms with Gasteiger partial charge < -0.3 is 4.74 Å². The number of methoxy groups -OCH3 is 1. The van der Waals surface area contributed by atoms with E-state index in [-0.39, 0.29) is 11.5 Å². The molecule has 0 fully saturated rings. The van der Waals surface area contributed by atoms with Crippen LogP contribution >= 0.6 is 0 Å². The van der Waals surface area contributed by atoms with Crippen molar-refractivity contribution in [2.24, 2.45) is 0 Å². The third-order valence-corrected chi connectivity index (χ3v) is 2.37. The van der Waals surface area contributed by atoms with Crippen molar-refractivity contribution in [1.82, 2.24) is 25.0 Å². The number of hydrogen-bond donors (Lipinski definition) is 0. The van der Waals surface area contributed by atoms with Crippen molar-refractivity contribution in [3.05, 3.63) is 30.0 Å². The van der Waals surface area contributed by atoms with E-state index in [2.05, 4.69) is 20.3 Å². The fourth-order valence-electron chi connectivity index (χ4n) is 1.52. The van der Waals surface area contributed by atoms with Crippen LogP contribution in [0, 0.1) is 0 Å². The standard InChI is InChI=1S/C11H13N5O2/c1-3-4-16-9(6-14-15-16)11(17)8-5-10(18-2)13-7-12-8/h5-7H,3-4H2,1-2H3. The minimum absolute atomic E-state index is 0.242. The van der Waals surface area contributed by atoms with Crippen LogP contribution in [0.4, 0.5) is 0 Å². The zero-order valence-electron chi connectivity index (χ0n) is 10.2. The van der Waals surface area contributed by atoms with E-state index in [1.807, 2.05) is 6.92 Å². The molecule has 2 rings (SSSR count). The highest BCUT2D eigenvalue weighted by molar-refractivity contribution is 6.06. The van der Waals surface area contributed by atoms with E-state index in [1.165, 1.54) is 25.7 Å². The molecule has 0 saturated carbocycles. The number of ketones is 1. The summed E-state index contributed by atoms with van der Waals surface area (Å²) in [5.41, 5.74) is 0.680. The van der Waals surface area contributed by atoms with Crippen LogP contribution in [-0.4, -0.2) is 37.9 Å². The molecule has 94 valence electrons. The highest BCUT2D eigenvalue weighted by Crippen LogP contribution is 2.11.